The highest BCUT2D eigenvalue weighted by atomic mass is 35.5. The molecule has 1 saturated heterocycles. The number of hydrogen-bond acceptors (Lipinski definition) is 10. The minimum Gasteiger partial charge on any atom is -0.388 e. The van der Waals surface area contributed by atoms with Gasteiger partial charge >= 0.3 is 23.5 Å². The first-order valence-corrected chi connectivity index (χ1v) is 13.1. The summed E-state index contributed by atoms with van der Waals surface area (Å²) < 4.78 is 65.0. The lowest BCUT2D eigenvalue weighted by atomic mass is 9.91. The van der Waals surface area contributed by atoms with Crippen LogP contribution < -0.4 is 5.32 Å². The number of phosphoric ester groups is 1. The standard InChI is InChI=1S/C12H19ClFN2O13P3/c1-7-15-8(17)3-4-16(7)10-11(2,13)9(18)12(5-14,27-10)6-26-31(22,23)29-32(24,25)28-30(19,20)21/h3-4,9-10,18H,1,5-6H2,2H3,(H,15,17)(H,22,23)(H,24,25)(H2,19,20,21)/t9-,10+,11+,12+/m0/s1. The smallest absolute Gasteiger partial charge is 0.388 e. The Morgan fingerprint density at radius 1 is 1.28 bits per heavy atom. The Kier molecular flexibility index (Phi) is 7.88. The van der Waals surface area contributed by atoms with Gasteiger partial charge in [-0.2, -0.15) is 8.62 Å². The van der Waals surface area contributed by atoms with Crippen molar-refractivity contribution in [2.24, 2.45) is 0 Å². The van der Waals surface area contributed by atoms with Crippen LogP contribution in [-0.4, -0.2) is 71.6 Å². The van der Waals surface area contributed by atoms with Crippen LogP contribution in [0.15, 0.2) is 24.7 Å². The van der Waals surface area contributed by atoms with Crippen molar-refractivity contribution in [1.82, 2.24) is 10.2 Å². The lowest BCUT2D eigenvalue weighted by Gasteiger charge is -2.36. The molecule has 1 amide bonds. The molecular formula is C12H19ClFN2O13P3. The van der Waals surface area contributed by atoms with Crippen molar-refractivity contribution in [3.05, 3.63) is 24.7 Å². The molecule has 0 aromatic carbocycles. The number of amides is 1. The van der Waals surface area contributed by atoms with E-state index >= 15 is 0 Å². The zero-order valence-corrected chi connectivity index (χ0v) is 19.4. The van der Waals surface area contributed by atoms with Crippen LogP contribution in [0.2, 0.25) is 0 Å². The van der Waals surface area contributed by atoms with Crippen LogP contribution in [-0.2, 0) is 36.4 Å². The lowest BCUT2D eigenvalue weighted by molar-refractivity contribution is -0.142. The van der Waals surface area contributed by atoms with Crippen molar-refractivity contribution in [3.63, 3.8) is 0 Å². The highest BCUT2D eigenvalue weighted by molar-refractivity contribution is 7.66. The van der Waals surface area contributed by atoms with E-state index in [1.807, 2.05) is 0 Å². The second kappa shape index (κ2) is 9.16. The van der Waals surface area contributed by atoms with Gasteiger partial charge in [-0.1, -0.05) is 6.58 Å². The van der Waals surface area contributed by atoms with Gasteiger partial charge in [0.25, 0.3) is 5.91 Å². The Balaban J connectivity index is 2.22. The number of nitrogens with zero attached hydrogens (tertiary/aromatic N) is 1. The number of phosphoric acid groups is 3. The molecule has 2 rings (SSSR count). The van der Waals surface area contributed by atoms with Crippen LogP contribution in [0.4, 0.5) is 4.39 Å². The molecule has 0 aromatic rings. The van der Waals surface area contributed by atoms with Crippen LogP contribution in [0, 0.1) is 0 Å². The Hall–Kier alpha value is -0.700. The fourth-order valence-corrected chi connectivity index (χ4v) is 6.26. The quantitative estimate of drug-likeness (QED) is 0.168. The number of rotatable bonds is 9. The van der Waals surface area contributed by atoms with Gasteiger partial charge in [-0.3, -0.25) is 9.32 Å². The van der Waals surface area contributed by atoms with Crippen LogP contribution in [0.3, 0.4) is 0 Å². The summed E-state index contributed by atoms with van der Waals surface area (Å²) in [7, 11) is -17.1. The summed E-state index contributed by atoms with van der Waals surface area (Å²) in [5, 5.41) is 12.9. The number of alkyl halides is 2. The molecule has 20 heteroatoms. The maximum Gasteiger partial charge on any atom is 0.490 e. The number of halogens is 2. The zero-order valence-electron chi connectivity index (χ0n) is 16.0. The topological polar surface area (TPSA) is 222 Å². The van der Waals surface area contributed by atoms with E-state index in [-0.39, 0.29) is 5.82 Å². The number of hydrogen-bond donors (Lipinski definition) is 6. The first-order chi connectivity index (χ1) is 14.3. The Morgan fingerprint density at radius 3 is 2.38 bits per heavy atom. The third kappa shape index (κ3) is 6.24. The highest BCUT2D eigenvalue weighted by Gasteiger charge is 2.63. The average Bonchev–Trinajstić information content (AvgIpc) is 2.78. The predicted molar refractivity (Wildman–Crippen MR) is 102 cm³/mol. The summed E-state index contributed by atoms with van der Waals surface area (Å²) in [6.45, 7) is 1.95. The summed E-state index contributed by atoms with van der Waals surface area (Å²) in [6.07, 6.45) is -1.10. The van der Waals surface area contributed by atoms with Crippen LogP contribution >= 0.6 is 35.1 Å². The van der Waals surface area contributed by atoms with Gasteiger partial charge in [0.05, 0.1) is 6.61 Å². The minimum absolute atomic E-state index is 0.0517. The molecule has 6 atom stereocenters. The van der Waals surface area contributed by atoms with Crippen molar-refractivity contribution in [1.29, 1.82) is 0 Å². The Labute approximate surface area is 184 Å². The van der Waals surface area contributed by atoms with Crippen molar-refractivity contribution in [2.75, 3.05) is 13.3 Å². The molecule has 2 unspecified atom stereocenters. The van der Waals surface area contributed by atoms with E-state index in [9.17, 15) is 32.9 Å². The number of nitrogens with one attached hydrogen (secondary N) is 1. The van der Waals surface area contributed by atoms with Crippen LogP contribution in [0.1, 0.15) is 6.92 Å². The van der Waals surface area contributed by atoms with Gasteiger partial charge in [-0.15, -0.1) is 11.6 Å². The molecule has 2 aliphatic heterocycles. The number of ether oxygens (including phenoxy) is 1. The fourth-order valence-electron chi connectivity index (χ4n) is 2.84. The molecule has 0 radical (unpaired) electrons. The van der Waals surface area contributed by atoms with Gasteiger partial charge in [0.1, 0.15) is 23.5 Å². The average molecular weight is 547 g/mol. The number of aliphatic hydroxyl groups is 1. The van der Waals surface area contributed by atoms with E-state index in [0.29, 0.717) is 0 Å². The van der Waals surface area contributed by atoms with E-state index in [1.54, 1.807) is 0 Å². The normalized spacial score (nSPS) is 34.8. The molecule has 0 aromatic heterocycles. The molecule has 2 aliphatic rings. The summed E-state index contributed by atoms with van der Waals surface area (Å²) in [4.78, 5) is 46.5. The van der Waals surface area contributed by atoms with Crippen LogP contribution in [0.5, 0.6) is 0 Å². The van der Waals surface area contributed by atoms with Gasteiger partial charge in [0, 0.05) is 12.3 Å². The number of carbonyl (C=O) groups excluding carboxylic acids is 1. The molecule has 1 fully saturated rings. The number of aliphatic hydroxyl groups excluding tert-OH is 1. The summed E-state index contributed by atoms with van der Waals surface area (Å²) >= 11 is 6.33. The summed E-state index contributed by atoms with van der Waals surface area (Å²) in [6, 6.07) is 0. The zero-order chi connectivity index (χ0) is 24.8. The van der Waals surface area contributed by atoms with Gasteiger partial charge in [0.2, 0.25) is 0 Å². The third-order valence-corrected chi connectivity index (χ3v) is 8.37. The summed E-state index contributed by atoms with van der Waals surface area (Å²) in [5.41, 5.74) is -2.43. The van der Waals surface area contributed by atoms with E-state index in [4.69, 9.17) is 31.0 Å². The second-order valence-corrected chi connectivity index (χ2v) is 12.0. The molecule has 0 bridgehead atoms. The van der Waals surface area contributed by atoms with Crippen LogP contribution in [0.25, 0.3) is 0 Å². The molecule has 6 N–H and O–H groups in total. The van der Waals surface area contributed by atoms with E-state index in [2.05, 4.69) is 25.0 Å². The Bertz CT molecular complexity index is 956. The molecule has 0 aliphatic carbocycles. The monoisotopic (exact) mass is 546 g/mol. The van der Waals surface area contributed by atoms with Crippen molar-refractivity contribution in [3.8, 4) is 0 Å². The Morgan fingerprint density at radius 2 is 1.88 bits per heavy atom. The minimum atomic E-state index is -5.81. The van der Waals surface area contributed by atoms with Gasteiger partial charge in [-0.05, 0) is 6.92 Å². The SMILES string of the molecule is C=C1NC(=O)C=CN1[C@@H]1O[C@](CF)(COP(=O)(O)OP(=O)(O)OP(=O)(O)O)[C@@H](O)[C@@]1(C)Cl. The molecule has 32 heavy (non-hydrogen) atoms. The molecule has 0 spiro atoms. The molecule has 184 valence electrons. The first-order valence-electron chi connectivity index (χ1n) is 8.20. The predicted octanol–water partition coefficient (Wildman–Crippen LogP) is 0.169. The molecular weight excluding hydrogens is 528 g/mol. The van der Waals surface area contributed by atoms with E-state index in [1.165, 1.54) is 13.1 Å². The second-order valence-electron chi connectivity index (χ2n) is 6.75. The number of carbonyl (C=O) groups is 1. The lowest BCUT2D eigenvalue weighted by Crippen LogP contribution is -2.52. The highest BCUT2D eigenvalue weighted by Crippen LogP contribution is 2.66. The van der Waals surface area contributed by atoms with Gasteiger partial charge < -0.3 is 39.6 Å². The largest absolute Gasteiger partial charge is 0.490 e. The summed E-state index contributed by atoms with van der Waals surface area (Å²) in [5.74, 6) is -0.588. The molecule has 0 saturated carbocycles. The van der Waals surface area contributed by atoms with Crippen molar-refractivity contribution in [2.45, 2.75) is 29.7 Å². The third-order valence-electron chi connectivity index (χ3n) is 4.19. The van der Waals surface area contributed by atoms with Gasteiger partial charge in [0.15, 0.2) is 11.8 Å². The maximum atomic E-state index is 14.0. The molecule has 2 heterocycles. The fraction of sp³-hybridized carbons (Fsp3) is 0.583. The van der Waals surface area contributed by atoms with Crippen molar-refractivity contribution < 1.29 is 65.4 Å². The van der Waals surface area contributed by atoms with Gasteiger partial charge in [-0.25, -0.2) is 18.1 Å². The van der Waals surface area contributed by atoms with E-state index < -0.39 is 65.5 Å². The van der Waals surface area contributed by atoms with E-state index in [0.717, 1.165) is 11.0 Å². The van der Waals surface area contributed by atoms with Crippen molar-refractivity contribution >= 4 is 41.0 Å². The molecule has 15 nitrogen and oxygen atoms in total. The first kappa shape index (κ1) is 27.5. The maximum absolute atomic E-state index is 14.0.